The Hall–Kier alpha value is -0.136. The third-order valence-electron chi connectivity index (χ3n) is 5.95. The molecule has 0 fully saturated rings. The van der Waals surface area contributed by atoms with Crippen LogP contribution >= 0.6 is 0 Å². The first kappa shape index (κ1) is 18.9. The van der Waals surface area contributed by atoms with Gasteiger partial charge in [-0.2, -0.15) is 0 Å². The Morgan fingerprint density at radius 1 is 0.714 bits per heavy atom. The lowest BCUT2D eigenvalue weighted by atomic mass is 10.2. The number of allylic oxidation sites excluding steroid dienone is 2. The van der Waals surface area contributed by atoms with Gasteiger partial charge in [0.15, 0.2) is 9.84 Å². The molecule has 122 valence electrons. The van der Waals surface area contributed by atoms with Crippen molar-refractivity contribution in [2.24, 2.45) is 0 Å². The summed E-state index contributed by atoms with van der Waals surface area (Å²) >= 11 is 0. The largest absolute Gasteiger partial charge is 0.220 e. The maximum Gasteiger partial charge on any atom is 0.191 e. The molecule has 0 saturated heterocycles. The summed E-state index contributed by atoms with van der Waals surface area (Å²) < 4.78 is 27.9. The smallest absolute Gasteiger partial charge is 0.191 e. The Balaban J connectivity index is 3.39. The minimum Gasteiger partial charge on any atom is -0.220 e. The molecule has 21 heavy (non-hydrogen) atoms. The van der Waals surface area contributed by atoms with E-state index in [1.807, 2.05) is 12.2 Å². The van der Waals surface area contributed by atoms with Crippen molar-refractivity contribution in [2.75, 3.05) is 0 Å². The van der Waals surface area contributed by atoms with Crippen LogP contribution in [0.3, 0.4) is 0 Å². The Kier molecular flexibility index (Phi) is 4.44. The van der Waals surface area contributed by atoms with E-state index in [1.54, 1.807) is 0 Å². The summed E-state index contributed by atoms with van der Waals surface area (Å²) in [5.41, 5.74) is 0. The molecule has 0 bridgehead atoms. The van der Waals surface area contributed by atoms with Crippen molar-refractivity contribution in [1.29, 1.82) is 0 Å². The van der Waals surface area contributed by atoms with Crippen LogP contribution in [0.4, 0.5) is 0 Å². The van der Waals surface area contributed by atoms with Crippen molar-refractivity contribution in [3.63, 3.8) is 0 Å². The van der Waals surface area contributed by atoms with E-state index in [0.717, 1.165) is 9.06 Å². The lowest BCUT2D eigenvalue weighted by Gasteiger charge is -2.41. The highest BCUT2D eigenvalue weighted by Crippen LogP contribution is 2.50. The maximum atomic E-state index is 13.2. The highest BCUT2D eigenvalue weighted by molar-refractivity contribution is 8.03. The first-order chi connectivity index (χ1) is 8.97. The van der Waals surface area contributed by atoms with Gasteiger partial charge in [0.25, 0.3) is 0 Å². The molecule has 0 aromatic heterocycles. The Bertz CT molecular complexity index is 547. The predicted octanol–water partition coefficient (Wildman–Crippen LogP) is 5.28. The molecule has 0 unspecified atom stereocenters. The third kappa shape index (κ3) is 2.89. The van der Waals surface area contributed by atoms with Gasteiger partial charge >= 0.3 is 0 Å². The summed E-state index contributed by atoms with van der Waals surface area (Å²) in [6.07, 6.45) is 3.84. The predicted molar refractivity (Wildman–Crippen MR) is 99.5 cm³/mol. The highest BCUT2D eigenvalue weighted by Gasteiger charge is 2.52. The fourth-order valence-electron chi connectivity index (χ4n) is 2.28. The van der Waals surface area contributed by atoms with Crippen LogP contribution in [-0.4, -0.2) is 24.6 Å². The van der Waals surface area contributed by atoms with E-state index in [4.69, 9.17) is 0 Å². The number of sulfone groups is 1. The van der Waals surface area contributed by atoms with Crippen LogP contribution < -0.4 is 0 Å². The van der Waals surface area contributed by atoms with E-state index >= 15 is 0 Å². The first-order valence-corrected chi connectivity index (χ1v) is 15.1. The van der Waals surface area contributed by atoms with Gasteiger partial charge in [0.1, 0.15) is 16.1 Å². The molecule has 1 rings (SSSR count). The molecule has 0 aromatic carbocycles. The van der Waals surface area contributed by atoms with Gasteiger partial charge in [-0.25, -0.2) is 8.42 Å². The van der Waals surface area contributed by atoms with E-state index in [2.05, 4.69) is 67.7 Å². The van der Waals surface area contributed by atoms with E-state index in [1.165, 1.54) is 0 Å². The SMILES string of the molecule is CC(C)(C)[Si](C)(C)C1=CC=C([Si](C)(C)C(C)(C)C)S1(=O)=O. The average Bonchev–Trinajstić information content (AvgIpc) is 2.50. The van der Waals surface area contributed by atoms with Crippen LogP contribution in [0.1, 0.15) is 41.5 Å². The first-order valence-electron chi connectivity index (χ1n) is 7.65. The Morgan fingerprint density at radius 2 is 0.952 bits per heavy atom. The Labute approximate surface area is 133 Å². The molecule has 0 saturated carbocycles. The molecule has 0 aromatic rings. The number of hydrogen-bond acceptors (Lipinski definition) is 2. The second kappa shape index (κ2) is 4.93. The summed E-state index contributed by atoms with van der Waals surface area (Å²) in [4.78, 5) is 0. The van der Waals surface area contributed by atoms with Gasteiger partial charge in [-0.1, -0.05) is 79.9 Å². The fraction of sp³-hybridized carbons (Fsp3) is 0.750. The summed E-state index contributed by atoms with van der Waals surface area (Å²) in [6.45, 7) is 21.7. The summed E-state index contributed by atoms with van der Waals surface area (Å²) in [5, 5.41) is 0.0608. The normalized spacial score (nSPS) is 20.3. The standard InChI is InChI=1S/C16H32O2SSi2/c1-15(2,3)20(7,8)13-11-12-14(19(13,17)18)21(9,10)16(4,5)6/h11-12H,1-10H3. The van der Waals surface area contributed by atoms with Crippen molar-refractivity contribution < 1.29 is 8.42 Å². The van der Waals surface area contributed by atoms with Gasteiger partial charge < -0.3 is 0 Å². The van der Waals surface area contributed by atoms with Crippen LogP contribution in [-0.2, 0) is 9.84 Å². The van der Waals surface area contributed by atoms with Crippen LogP contribution in [0.5, 0.6) is 0 Å². The second-order valence-corrected chi connectivity index (χ2v) is 22.5. The molecule has 0 aliphatic carbocycles. The van der Waals surface area contributed by atoms with Crippen LogP contribution in [0.2, 0.25) is 36.3 Å². The number of hydrogen-bond donors (Lipinski definition) is 0. The average molecular weight is 345 g/mol. The van der Waals surface area contributed by atoms with Crippen LogP contribution in [0.15, 0.2) is 21.2 Å². The molecule has 5 heteroatoms. The van der Waals surface area contributed by atoms with E-state index in [9.17, 15) is 8.42 Å². The Morgan fingerprint density at radius 3 is 1.14 bits per heavy atom. The zero-order valence-corrected chi connectivity index (χ0v) is 18.2. The third-order valence-corrected chi connectivity index (χ3v) is 22.3. The van der Waals surface area contributed by atoms with Gasteiger partial charge in [0.2, 0.25) is 0 Å². The summed E-state index contributed by atoms with van der Waals surface area (Å²) in [5.74, 6) is 0. The van der Waals surface area contributed by atoms with Crippen molar-refractivity contribution >= 4 is 26.0 Å². The summed E-state index contributed by atoms with van der Waals surface area (Å²) in [7, 11) is -7.35. The van der Waals surface area contributed by atoms with E-state index < -0.39 is 26.0 Å². The van der Waals surface area contributed by atoms with Crippen molar-refractivity contribution in [3.05, 3.63) is 21.2 Å². The molecule has 2 nitrogen and oxygen atoms in total. The quantitative estimate of drug-likeness (QED) is 0.639. The zero-order valence-electron chi connectivity index (χ0n) is 15.4. The highest BCUT2D eigenvalue weighted by atomic mass is 32.2. The monoisotopic (exact) mass is 344 g/mol. The topological polar surface area (TPSA) is 34.1 Å². The molecule has 1 aliphatic heterocycles. The molecule has 0 spiro atoms. The van der Waals surface area contributed by atoms with Gasteiger partial charge in [-0.05, 0) is 10.1 Å². The molecule has 0 atom stereocenters. The molecular weight excluding hydrogens is 312 g/mol. The molecule has 0 N–H and O–H groups in total. The van der Waals surface area contributed by atoms with Crippen molar-refractivity contribution in [1.82, 2.24) is 0 Å². The van der Waals surface area contributed by atoms with Gasteiger partial charge in [-0.15, -0.1) is 0 Å². The van der Waals surface area contributed by atoms with Gasteiger partial charge in [-0.3, -0.25) is 0 Å². The maximum absolute atomic E-state index is 13.2. The number of rotatable bonds is 2. The van der Waals surface area contributed by atoms with Gasteiger partial charge in [0.05, 0.1) is 0 Å². The molecule has 1 heterocycles. The fourth-order valence-corrected chi connectivity index (χ4v) is 13.7. The van der Waals surface area contributed by atoms with E-state index in [-0.39, 0.29) is 10.1 Å². The van der Waals surface area contributed by atoms with E-state index in [0.29, 0.717) is 0 Å². The molecule has 1 aliphatic rings. The van der Waals surface area contributed by atoms with Crippen molar-refractivity contribution in [2.45, 2.75) is 77.8 Å². The molecule has 0 radical (unpaired) electrons. The molecular formula is C16H32O2SSi2. The lowest BCUT2D eigenvalue weighted by molar-refractivity contribution is 0.609. The van der Waals surface area contributed by atoms with Crippen LogP contribution in [0.25, 0.3) is 0 Å². The van der Waals surface area contributed by atoms with Crippen LogP contribution in [0, 0.1) is 0 Å². The minimum absolute atomic E-state index is 0.0304. The van der Waals surface area contributed by atoms with Crippen molar-refractivity contribution in [3.8, 4) is 0 Å². The second-order valence-electron chi connectivity index (χ2n) is 9.32. The molecule has 0 amide bonds. The lowest BCUT2D eigenvalue weighted by Crippen LogP contribution is -2.46. The zero-order chi connectivity index (χ0) is 17.1. The van der Waals surface area contributed by atoms with Gasteiger partial charge in [0, 0.05) is 9.06 Å². The minimum atomic E-state index is -3.26. The summed E-state index contributed by atoms with van der Waals surface area (Å²) in [6, 6.07) is 0.